The van der Waals surface area contributed by atoms with Crippen LogP contribution in [0.25, 0.3) is 0 Å². The van der Waals surface area contributed by atoms with Gasteiger partial charge in [0.15, 0.2) is 5.78 Å². The van der Waals surface area contributed by atoms with E-state index in [-0.39, 0.29) is 5.78 Å². The average molecular weight is 328 g/mol. The van der Waals surface area contributed by atoms with E-state index in [0.29, 0.717) is 6.04 Å². The van der Waals surface area contributed by atoms with Crippen molar-refractivity contribution in [3.63, 3.8) is 0 Å². The van der Waals surface area contributed by atoms with Gasteiger partial charge in [-0.05, 0) is 45.7 Å². The number of piperidine rings is 1. The molecule has 5 nitrogen and oxygen atoms in total. The molecule has 2 aromatic heterocycles. The fraction of sp³-hybridized carbons (Fsp3) is 0.579. The van der Waals surface area contributed by atoms with Crippen molar-refractivity contribution >= 4 is 5.78 Å². The average Bonchev–Trinajstić information content (AvgIpc) is 3.13. The van der Waals surface area contributed by atoms with Crippen molar-refractivity contribution in [2.75, 3.05) is 6.54 Å². The highest BCUT2D eigenvalue weighted by atomic mass is 16.1. The summed E-state index contributed by atoms with van der Waals surface area (Å²) in [5.41, 5.74) is 2.04. The lowest BCUT2D eigenvalue weighted by Crippen LogP contribution is -2.39. The van der Waals surface area contributed by atoms with E-state index in [0.717, 1.165) is 37.4 Å². The Kier molecular flexibility index (Phi) is 5.19. The highest BCUT2D eigenvalue weighted by molar-refractivity contribution is 5.94. The summed E-state index contributed by atoms with van der Waals surface area (Å²) < 4.78 is 4.34. The molecule has 24 heavy (non-hydrogen) atoms. The maximum atomic E-state index is 11.6. The molecule has 1 saturated heterocycles. The highest BCUT2D eigenvalue weighted by Gasteiger charge is 2.23. The SMILES string of the molecule is CC(=O)c1cc(CN2CCCC[C@H]2CCn2ccnc2C)n(C)c1. The largest absolute Gasteiger partial charge is 0.353 e. The number of aryl methyl sites for hydroxylation is 3. The Hall–Kier alpha value is -1.88. The first-order chi connectivity index (χ1) is 11.5. The number of Topliss-reactive ketones (excluding diaryl/α,β-unsaturated/α-hetero) is 1. The van der Waals surface area contributed by atoms with Crippen LogP contribution in [0, 0.1) is 6.92 Å². The second-order valence-corrected chi connectivity index (χ2v) is 6.96. The summed E-state index contributed by atoms with van der Waals surface area (Å²) in [4.78, 5) is 18.5. The number of carbonyl (C=O) groups excluding carboxylic acids is 1. The van der Waals surface area contributed by atoms with Gasteiger partial charge in [0.05, 0.1) is 0 Å². The van der Waals surface area contributed by atoms with E-state index < -0.39 is 0 Å². The van der Waals surface area contributed by atoms with Crippen molar-refractivity contribution in [2.45, 2.75) is 58.7 Å². The third-order valence-electron chi connectivity index (χ3n) is 5.26. The molecule has 130 valence electrons. The zero-order chi connectivity index (χ0) is 17.1. The molecule has 5 heteroatoms. The van der Waals surface area contributed by atoms with Gasteiger partial charge in [0.2, 0.25) is 0 Å². The van der Waals surface area contributed by atoms with Crippen molar-refractivity contribution in [1.29, 1.82) is 0 Å². The van der Waals surface area contributed by atoms with E-state index in [2.05, 4.69) is 32.1 Å². The van der Waals surface area contributed by atoms with Crippen LogP contribution in [0.1, 0.15) is 54.5 Å². The standard InChI is InChI=1S/C19H28N4O/c1-15(24)17-12-19(21(3)13-17)14-23-9-5-4-6-18(23)7-10-22-11-8-20-16(22)2/h8,11-13,18H,4-7,9-10,14H2,1-3H3/t18-/m0/s1. The highest BCUT2D eigenvalue weighted by Crippen LogP contribution is 2.23. The first-order valence-corrected chi connectivity index (χ1v) is 8.92. The Balaban J connectivity index is 1.66. The lowest BCUT2D eigenvalue weighted by atomic mass is 9.99. The number of hydrogen-bond acceptors (Lipinski definition) is 3. The summed E-state index contributed by atoms with van der Waals surface area (Å²) in [5, 5.41) is 0. The van der Waals surface area contributed by atoms with Gasteiger partial charge in [0.25, 0.3) is 0 Å². The molecule has 0 radical (unpaired) electrons. The first kappa shape index (κ1) is 17.0. The van der Waals surface area contributed by atoms with Crippen LogP contribution in [0.5, 0.6) is 0 Å². The molecule has 2 aromatic rings. The molecule has 0 bridgehead atoms. The number of nitrogens with zero attached hydrogens (tertiary/aromatic N) is 4. The maximum Gasteiger partial charge on any atom is 0.161 e. The number of ketones is 1. The maximum absolute atomic E-state index is 11.6. The second-order valence-electron chi connectivity index (χ2n) is 6.96. The second kappa shape index (κ2) is 7.34. The Labute approximate surface area is 144 Å². The number of imidazole rings is 1. The lowest BCUT2D eigenvalue weighted by Gasteiger charge is -2.36. The lowest BCUT2D eigenvalue weighted by molar-refractivity contribution is 0.101. The molecule has 0 amide bonds. The van der Waals surface area contributed by atoms with Crippen molar-refractivity contribution in [3.8, 4) is 0 Å². The molecule has 1 aliphatic heterocycles. The van der Waals surface area contributed by atoms with Crippen molar-refractivity contribution in [3.05, 3.63) is 41.7 Å². The molecular formula is C19H28N4O. The topological polar surface area (TPSA) is 43.1 Å². The zero-order valence-electron chi connectivity index (χ0n) is 15.0. The minimum Gasteiger partial charge on any atom is -0.353 e. The normalized spacial score (nSPS) is 18.9. The van der Waals surface area contributed by atoms with Gasteiger partial charge in [-0.3, -0.25) is 9.69 Å². The molecule has 0 aromatic carbocycles. The molecule has 0 N–H and O–H groups in total. The van der Waals surface area contributed by atoms with Crippen LogP contribution in [-0.2, 0) is 20.1 Å². The fourth-order valence-corrected chi connectivity index (χ4v) is 3.69. The Morgan fingerprint density at radius 3 is 2.88 bits per heavy atom. The first-order valence-electron chi connectivity index (χ1n) is 8.92. The summed E-state index contributed by atoms with van der Waals surface area (Å²) in [6.45, 7) is 6.80. The molecule has 3 rings (SSSR count). The predicted octanol–water partition coefficient (Wildman–Crippen LogP) is 3.18. The van der Waals surface area contributed by atoms with Crippen LogP contribution in [-0.4, -0.2) is 37.4 Å². The monoisotopic (exact) mass is 328 g/mol. The Morgan fingerprint density at radius 2 is 2.21 bits per heavy atom. The van der Waals surface area contributed by atoms with E-state index in [1.807, 2.05) is 25.5 Å². The number of hydrogen-bond donors (Lipinski definition) is 0. The number of aromatic nitrogens is 3. The van der Waals surface area contributed by atoms with Crippen molar-refractivity contribution in [2.24, 2.45) is 7.05 Å². The van der Waals surface area contributed by atoms with E-state index in [4.69, 9.17) is 0 Å². The third-order valence-corrected chi connectivity index (χ3v) is 5.26. The molecule has 0 aliphatic carbocycles. The molecule has 0 spiro atoms. The van der Waals surface area contributed by atoms with Gasteiger partial charge in [-0.2, -0.15) is 0 Å². The molecule has 0 unspecified atom stereocenters. The van der Waals surface area contributed by atoms with Gasteiger partial charge in [-0.25, -0.2) is 4.98 Å². The van der Waals surface area contributed by atoms with Crippen LogP contribution < -0.4 is 0 Å². The van der Waals surface area contributed by atoms with E-state index in [1.54, 1.807) is 6.92 Å². The minimum absolute atomic E-state index is 0.141. The number of rotatable bonds is 6. The van der Waals surface area contributed by atoms with E-state index >= 15 is 0 Å². The molecule has 3 heterocycles. The van der Waals surface area contributed by atoms with E-state index in [1.165, 1.54) is 25.0 Å². The van der Waals surface area contributed by atoms with Crippen molar-refractivity contribution in [1.82, 2.24) is 19.0 Å². The van der Waals surface area contributed by atoms with Gasteiger partial charge in [0, 0.05) is 56.0 Å². The fourth-order valence-electron chi connectivity index (χ4n) is 3.69. The summed E-state index contributed by atoms with van der Waals surface area (Å²) in [6, 6.07) is 2.66. The summed E-state index contributed by atoms with van der Waals surface area (Å²) >= 11 is 0. The third kappa shape index (κ3) is 3.78. The number of carbonyl (C=O) groups is 1. The van der Waals surface area contributed by atoms with Crippen LogP contribution >= 0.6 is 0 Å². The quantitative estimate of drug-likeness (QED) is 0.765. The van der Waals surface area contributed by atoms with Gasteiger partial charge in [-0.1, -0.05) is 6.42 Å². The number of likely N-dealkylation sites (tertiary alicyclic amines) is 1. The van der Waals surface area contributed by atoms with E-state index in [9.17, 15) is 4.79 Å². The van der Waals surface area contributed by atoms with Crippen LogP contribution in [0.3, 0.4) is 0 Å². The Morgan fingerprint density at radius 1 is 1.38 bits per heavy atom. The molecular weight excluding hydrogens is 300 g/mol. The van der Waals surface area contributed by atoms with Crippen LogP contribution in [0.15, 0.2) is 24.7 Å². The summed E-state index contributed by atoms with van der Waals surface area (Å²) in [6.07, 6.45) is 10.9. The van der Waals surface area contributed by atoms with Crippen LogP contribution in [0.4, 0.5) is 0 Å². The zero-order valence-corrected chi connectivity index (χ0v) is 15.0. The molecule has 1 aliphatic rings. The molecule has 1 fully saturated rings. The van der Waals surface area contributed by atoms with Gasteiger partial charge in [-0.15, -0.1) is 0 Å². The minimum atomic E-state index is 0.141. The smallest absolute Gasteiger partial charge is 0.161 e. The Bertz CT molecular complexity index is 700. The summed E-state index contributed by atoms with van der Waals surface area (Å²) in [7, 11) is 2.04. The van der Waals surface area contributed by atoms with Gasteiger partial charge in [0.1, 0.15) is 5.82 Å². The van der Waals surface area contributed by atoms with Crippen LogP contribution in [0.2, 0.25) is 0 Å². The van der Waals surface area contributed by atoms with Gasteiger partial charge < -0.3 is 9.13 Å². The van der Waals surface area contributed by atoms with Gasteiger partial charge >= 0.3 is 0 Å². The summed E-state index contributed by atoms with van der Waals surface area (Å²) in [5.74, 6) is 1.23. The predicted molar refractivity (Wildman–Crippen MR) is 95.0 cm³/mol. The van der Waals surface area contributed by atoms with Crippen molar-refractivity contribution < 1.29 is 4.79 Å². The molecule has 1 atom stereocenters. The molecule has 0 saturated carbocycles.